The van der Waals surface area contributed by atoms with Crippen molar-refractivity contribution in [3.05, 3.63) is 12.2 Å². The Morgan fingerprint density at radius 3 is 2.76 bits per heavy atom. The third-order valence-electron chi connectivity index (χ3n) is 3.65. The fourth-order valence-corrected chi connectivity index (χ4v) is 2.50. The number of likely N-dealkylation sites (tertiary alicyclic amines) is 1. The second-order valence-corrected chi connectivity index (χ2v) is 5.11. The Labute approximate surface area is 126 Å². The highest BCUT2D eigenvalue weighted by atomic mass is 16.5. The van der Waals surface area contributed by atoms with Gasteiger partial charge in [0, 0.05) is 33.3 Å². The predicted molar refractivity (Wildman–Crippen MR) is 82.0 cm³/mol. The molecule has 0 saturated carbocycles. The van der Waals surface area contributed by atoms with Gasteiger partial charge >= 0.3 is 0 Å². The molecule has 2 rings (SSSR count). The lowest BCUT2D eigenvalue weighted by Gasteiger charge is -2.34. The third kappa shape index (κ3) is 4.42. The number of rotatable bonds is 5. The number of hydrogen-bond acceptors (Lipinski definition) is 4. The van der Waals surface area contributed by atoms with Crippen molar-refractivity contribution in [3.8, 4) is 0 Å². The van der Waals surface area contributed by atoms with Crippen molar-refractivity contribution in [2.75, 3.05) is 26.2 Å². The highest BCUT2D eigenvalue weighted by Gasteiger charge is 2.21. The lowest BCUT2D eigenvalue weighted by atomic mass is 10.1. The number of ether oxygens (including phenoxy) is 1. The SMILES string of the molecule is CCNC(=NCc1ncnn1C)N1CCC(OCC)CC1. The largest absolute Gasteiger partial charge is 0.378 e. The molecule has 0 aliphatic carbocycles. The van der Waals surface area contributed by atoms with Crippen molar-refractivity contribution in [3.63, 3.8) is 0 Å². The number of nitrogens with zero attached hydrogens (tertiary/aromatic N) is 5. The Morgan fingerprint density at radius 1 is 1.43 bits per heavy atom. The summed E-state index contributed by atoms with van der Waals surface area (Å²) in [6, 6.07) is 0. The monoisotopic (exact) mass is 294 g/mol. The lowest BCUT2D eigenvalue weighted by Crippen LogP contribution is -2.47. The van der Waals surface area contributed by atoms with Gasteiger partial charge < -0.3 is 15.0 Å². The number of nitrogens with one attached hydrogen (secondary N) is 1. The van der Waals surface area contributed by atoms with Crippen LogP contribution < -0.4 is 5.32 Å². The fraction of sp³-hybridized carbons (Fsp3) is 0.786. The molecule has 1 aromatic rings. The van der Waals surface area contributed by atoms with Crippen LogP contribution in [0.1, 0.15) is 32.5 Å². The van der Waals surface area contributed by atoms with Crippen LogP contribution in [-0.4, -0.2) is 58.0 Å². The number of aromatic nitrogens is 3. The molecule has 0 unspecified atom stereocenters. The standard InChI is InChI=1S/C14H26N6O/c1-4-15-14(16-10-13-17-11-18-19(13)3)20-8-6-12(7-9-20)21-5-2/h11-12H,4-10H2,1-3H3,(H,15,16). The van der Waals surface area contributed by atoms with Gasteiger partial charge in [-0.15, -0.1) is 0 Å². The highest BCUT2D eigenvalue weighted by Crippen LogP contribution is 2.14. The van der Waals surface area contributed by atoms with E-state index in [1.165, 1.54) is 0 Å². The van der Waals surface area contributed by atoms with Crippen LogP contribution in [0.2, 0.25) is 0 Å². The van der Waals surface area contributed by atoms with Crippen molar-refractivity contribution in [1.29, 1.82) is 0 Å². The molecule has 7 heteroatoms. The average molecular weight is 294 g/mol. The van der Waals surface area contributed by atoms with Crippen LogP contribution in [-0.2, 0) is 18.3 Å². The van der Waals surface area contributed by atoms with Crippen LogP contribution in [0.25, 0.3) is 0 Å². The Hall–Kier alpha value is -1.63. The maximum atomic E-state index is 5.70. The second-order valence-electron chi connectivity index (χ2n) is 5.11. The number of aliphatic imine (C=N–C) groups is 1. The van der Waals surface area contributed by atoms with Crippen LogP contribution in [0, 0.1) is 0 Å². The first-order chi connectivity index (χ1) is 10.2. The van der Waals surface area contributed by atoms with Crippen molar-refractivity contribution in [2.45, 2.75) is 39.3 Å². The summed E-state index contributed by atoms with van der Waals surface area (Å²) in [5.74, 6) is 1.82. The maximum Gasteiger partial charge on any atom is 0.194 e. The molecular weight excluding hydrogens is 268 g/mol. The van der Waals surface area contributed by atoms with E-state index in [0.29, 0.717) is 12.6 Å². The molecule has 1 aliphatic rings. The molecule has 0 bridgehead atoms. The molecule has 21 heavy (non-hydrogen) atoms. The summed E-state index contributed by atoms with van der Waals surface area (Å²) in [4.78, 5) is 11.2. The first-order valence-electron chi connectivity index (χ1n) is 7.72. The lowest BCUT2D eigenvalue weighted by molar-refractivity contribution is 0.0263. The van der Waals surface area contributed by atoms with E-state index in [4.69, 9.17) is 4.74 Å². The molecule has 1 aliphatic heterocycles. The summed E-state index contributed by atoms with van der Waals surface area (Å²) in [7, 11) is 1.89. The van der Waals surface area contributed by atoms with Crippen LogP contribution in [0.5, 0.6) is 0 Å². The summed E-state index contributed by atoms with van der Waals surface area (Å²) >= 11 is 0. The summed E-state index contributed by atoms with van der Waals surface area (Å²) in [5, 5.41) is 7.43. The zero-order valence-corrected chi connectivity index (χ0v) is 13.2. The van der Waals surface area contributed by atoms with Gasteiger partial charge in [-0.1, -0.05) is 0 Å². The maximum absolute atomic E-state index is 5.70. The first-order valence-corrected chi connectivity index (χ1v) is 7.72. The predicted octanol–water partition coefficient (Wildman–Crippen LogP) is 0.782. The van der Waals surface area contributed by atoms with Gasteiger partial charge in [-0.05, 0) is 26.7 Å². The van der Waals surface area contributed by atoms with E-state index >= 15 is 0 Å². The zero-order chi connectivity index (χ0) is 15.1. The number of piperidine rings is 1. The smallest absolute Gasteiger partial charge is 0.194 e. The van der Waals surface area contributed by atoms with Crippen LogP contribution >= 0.6 is 0 Å². The Morgan fingerprint density at radius 2 is 2.19 bits per heavy atom. The van der Waals surface area contributed by atoms with Crippen molar-refractivity contribution in [2.24, 2.45) is 12.0 Å². The summed E-state index contributed by atoms with van der Waals surface area (Å²) in [6.45, 7) is 8.31. The molecule has 0 aromatic carbocycles. The average Bonchev–Trinajstić information content (AvgIpc) is 2.90. The van der Waals surface area contributed by atoms with E-state index in [-0.39, 0.29) is 0 Å². The normalized spacial score (nSPS) is 17.3. The number of aryl methyl sites for hydroxylation is 1. The summed E-state index contributed by atoms with van der Waals surface area (Å²) in [6.07, 6.45) is 4.07. The van der Waals surface area contributed by atoms with E-state index in [0.717, 1.165) is 50.9 Å². The third-order valence-corrected chi connectivity index (χ3v) is 3.65. The van der Waals surface area contributed by atoms with E-state index in [2.05, 4.69) is 39.1 Å². The zero-order valence-electron chi connectivity index (χ0n) is 13.2. The Bertz CT molecular complexity index is 450. The van der Waals surface area contributed by atoms with Gasteiger partial charge in [0.05, 0.1) is 6.10 Å². The summed E-state index contributed by atoms with van der Waals surface area (Å²) < 4.78 is 7.46. The molecule has 1 saturated heterocycles. The summed E-state index contributed by atoms with van der Waals surface area (Å²) in [5.41, 5.74) is 0. The Balaban J connectivity index is 1.94. The molecule has 0 amide bonds. The van der Waals surface area contributed by atoms with E-state index < -0.39 is 0 Å². The highest BCUT2D eigenvalue weighted by molar-refractivity contribution is 5.80. The van der Waals surface area contributed by atoms with Crippen molar-refractivity contribution in [1.82, 2.24) is 25.0 Å². The molecule has 1 aromatic heterocycles. The minimum Gasteiger partial charge on any atom is -0.378 e. The van der Waals surface area contributed by atoms with Crippen molar-refractivity contribution >= 4 is 5.96 Å². The molecule has 1 fully saturated rings. The Kier molecular flexibility index (Phi) is 5.98. The molecule has 7 nitrogen and oxygen atoms in total. The van der Waals surface area contributed by atoms with Crippen LogP contribution in [0.3, 0.4) is 0 Å². The molecule has 2 heterocycles. The molecule has 0 spiro atoms. The van der Waals surface area contributed by atoms with Crippen LogP contribution in [0.15, 0.2) is 11.3 Å². The van der Waals surface area contributed by atoms with Gasteiger partial charge in [-0.25, -0.2) is 9.98 Å². The van der Waals surface area contributed by atoms with Gasteiger partial charge in [0.2, 0.25) is 0 Å². The fourth-order valence-electron chi connectivity index (χ4n) is 2.50. The first kappa shape index (κ1) is 15.8. The minimum absolute atomic E-state index is 0.396. The van der Waals surface area contributed by atoms with Gasteiger partial charge in [-0.3, -0.25) is 4.68 Å². The molecule has 1 N–H and O–H groups in total. The van der Waals surface area contributed by atoms with E-state index in [9.17, 15) is 0 Å². The van der Waals surface area contributed by atoms with Gasteiger partial charge in [0.25, 0.3) is 0 Å². The minimum atomic E-state index is 0.396. The molecule has 118 valence electrons. The number of hydrogen-bond donors (Lipinski definition) is 1. The number of guanidine groups is 1. The van der Waals surface area contributed by atoms with E-state index in [1.54, 1.807) is 11.0 Å². The topological polar surface area (TPSA) is 67.6 Å². The van der Waals surface area contributed by atoms with Gasteiger partial charge in [0.15, 0.2) is 5.96 Å². The van der Waals surface area contributed by atoms with Crippen LogP contribution in [0.4, 0.5) is 0 Å². The van der Waals surface area contributed by atoms with E-state index in [1.807, 2.05) is 7.05 Å². The molecule has 0 atom stereocenters. The van der Waals surface area contributed by atoms with Gasteiger partial charge in [-0.2, -0.15) is 5.10 Å². The van der Waals surface area contributed by atoms with Crippen molar-refractivity contribution < 1.29 is 4.74 Å². The second kappa shape index (κ2) is 7.97. The quantitative estimate of drug-likeness (QED) is 0.642. The molecular formula is C14H26N6O. The van der Waals surface area contributed by atoms with Gasteiger partial charge in [0.1, 0.15) is 18.7 Å². The molecule has 0 radical (unpaired) electrons.